The molecule has 1 aliphatic heterocycles. The van der Waals surface area contributed by atoms with Gasteiger partial charge in [0.1, 0.15) is 0 Å². The molecule has 2 rings (SSSR count). The lowest BCUT2D eigenvalue weighted by Crippen LogP contribution is -2.44. The Labute approximate surface area is 114 Å². The van der Waals surface area contributed by atoms with E-state index >= 15 is 0 Å². The monoisotopic (exact) mass is 262 g/mol. The molecule has 19 heavy (non-hydrogen) atoms. The first-order valence-corrected chi connectivity index (χ1v) is 6.78. The minimum absolute atomic E-state index is 0.227. The smallest absolute Gasteiger partial charge is 0.414 e. The lowest BCUT2D eigenvalue weighted by Gasteiger charge is -2.33. The second kappa shape index (κ2) is 6.06. The Morgan fingerprint density at radius 3 is 2.95 bits per heavy atom. The predicted octanol–water partition coefficient (Wildman–Crippen LogP) is 2.49. The first-order valence-electron chi connectivity index (χ1n) is 6.78. The van der Waals surface area contributed by atoms with E-state index in [1.54, 1.807) is 4.90 Å². The minimum atomic E-state index is -0.227. The normalized spacial score (nSPS) is 19.4. The van der Waals surface area contributed by atoms with E-state index in [4.69, 9.17) is 4.74 Å². The highest BCUT2D eigenvalue weighted by molar-refractivity contribution is 5.89. The van der Waals surface area contributed by atoms with Crippen LogP contribution in [-0.4, -0.2) is 32.8 Å². The van der Waals surface area contributed by atoms with Crippen LogP contribution in [0.2, 0.25) is 0 Å². The van der Waals surface area contributed by atoms with E-state index in [0.29, 0.717) is 12.5 Å². The van der Waals surface area contributed by atoms with Crippen LogP contribution in [0.25, 0.3) is 0 Å². The van der Waals surface area contributed by atoms with Gasteiger partial charge in [-0.2, -0.15) is 0 Å². The Morgan fingerprint density at radius 2 is 2.21 bits per heavy atom. The fourth-order valence-corrected chi connectivity index (χ4v) is 2.40. The molecule has 1 heterocycles. The summed E-state index contributed by atoms with van der Waals surface area (Å²) in [6, 6.07) is 6.04. The fourth-order valence-electron chi connectivity index (χ4n) is 2.40. The molecular formula is C15H22N2O2. The molecule has 1 atom stereocenters. The summed E-state index contributed by atoms with van der Waals surface area (Å²) in [5.41, 5.74) is 3.32. The molecule has 1 unspecified atom stereocenters. The van der Waals surface area contributed by atoms with Crippen molar-refractivity contribution in [3.63, 3.8) is 0 Å². The number of anilines is 1. The summed E-state index contributed by atoms with van der Waals surface area (Å²) < 4.78 is 5.31. The Balaban J connectivity index is 2.16. The maximum absolute atomic E-state index is 12.0. The molecule has 0 bridgehead atoms. The van der Waals surface area contributed by atoms with Crippen molar-refractivity contribution in [2.45, 2.75) is 20.3 Å². The summed E-state index contributed by atoms with van der Waals surface area (Å²) in [4.78, 5) is 13.7. The lowest BCUT2D eigenvalue weighted by molar-refractivity contribution is 0.112. The highest BCUT2D eigenvalue weighted by atomic mass is 16.6. The summed E-state index contributed by atoms with van der Waals surface area (Å²) in [5.74, 6) is 0.394. The van der Waals surface area contributed by atoms with E-state index in [2.05, 4.69) is 25.2 Å². The van der Waals surface area contributed by atoms with Gasteiger partial charge >= 0.3 is 6.09 Å². The van der Waals surface area contributed by atoms with E-state index in [1.165, 1.54) is 5.56 Å². The second-order valence-electron chi connectivity index (χ2n) is 5.16. The number of benzene rings is 1. The van der Waals surface area contributed by atoms with Crippen LogP contribution in [0.4, 0.5) is 10.5 Å². The summed E-state index contributed by atoms with van der Waals surface area (Å²) in [6.45, 7) is 6.33. The molecule has 0 saturated carbocycles. The largest absolute Gasteiger partial charge is 0.449 e. The SMILES string of the molecule is CNCCC1COC(=O)N(c2cccc(C)c2C)C1. The van der Waals surface area contributed by atoms with E-state index in [1.807, 2.05) is 19.2 Å². The van der Waals surface area contributed by atoms with Gasteiger partial charge in [0.15, 0.2) is 0 Å². The topological polar surface area (TPSA) is 41.6 Å². The van der Waals surface area contributed by atoms with Crippen molar-refractivity contribution in [1.29, 1.82) is 0 Å². The summed E-state index contributed by atoms with van der Waals surface area (Å²) in [6.07, 6.45) is 0.792. The summed E-state index contributed by atoms with van der Waals surface area (Å²) in [5, 5.41) is 3.14. The van der Waals surface area contributed by atoms with Crippen molar-refractivity contribution in [1.82, 2.24) is 5.32 Å². The molecule has 0 aromatic heterocycles. The third-order valence-corrected chi connectivity index (χ3v) is 3.77. The van der Waals surface area contributed by atoms with Gasteiger partial charge in [0.05, 0.1) is 12.3 Å². The summed E-state index contributed by atoms with van der Waals surface area (Å²) in [7, 11) is 1.94. The molecule has 4 heteroatoms. The Bertz CT molecular complexity index is 459. The fraction of sp³-hybridized carbons (Fsp3) is 0.533. The van der Waals surface area contributed by atoms with Crippen LogP contribution in [-0.2, 0) is 4.74 Å². The molecule has 1 aromatic carbocycles. The van der Waals surface area contributed by atoms with Crippen LogP contribution in [0.1, 0.15) is 17.5 Å². The number of ether oxygens (including phenoxy) is 1. The highest BCUT2D eigenvalue weighted by Crippen LogP contribution is 2.27. The van der Waals surface area contributed by atoms with Crippen LogP contribution < -0.4 is 10.2 Å². The first-order chi connectivity index (χ1) is 9.13. The third kappa shape index (κ3) is 3.07. The molecule has 1 amide bonds. The van der Waals surface area contributed by atoms with E-state index < -0.39 is 0 Å². The number of aryl methyl sites for hydroxylation is 1. The molecular weight excluding hydrogens is 240 g/mol. The van der Waals surface area contributed by atoms with Gasteiger partial charge in [-0.1, -0.05) is 12.1 Å². The van der Waals surface area contributed by atoms with Crippen molar-refractivity contribution < 1.29 is 9.53 Å². The van der Waals surface area contributed by atoms with Crippen LogP contribution in [0.15, 0.2) is 18.2 Å². The van der Waals surface area contributed by atoms with Gasteiger partial charge in [0.2, 0.25) is 0 Å². The maximum Gasteiger partial charge on any atom is 0.414 e. The average molecular weight is 262 g/mol. The Hall–Kier alpha value is -1.55. The number of carbonyl (C=O) groups excluding carboxylic acids is 1. The lowest BCUT2D eigenvalue weighted by atomic mass is 10.0. The van der Waals surface area contributed by atoms with Gasteiger partial charge in [-0.25, -0.2) is 4.79 Å². The molecule has 1 aliphatic rings. The third-order valence-electron chi connectivity index (χ3n) is 3.77. The zero-order valence-electron chi connectivity index (χ0n) is 11.9. The predicted molar refractivity (Wildman–Crippen MR) is 76.6 cm³/mol. The first kappa shape index (κ1) is 13.9. The van der Waals surface area contributed by atoms with E-state index in [0.717, 1.165) is 30.8 Å². The number of hydrogen-bond acceptors (Lipinski definition) is 3. The van der Waals surface area contributed by atoms with Crippen LogP contribution in [0, 0.1) is 19.8 Å². The Morgan fingerprint density at radius 1 is 1.42 bits per heavy atom. The zero-order chi connectivity index (χ0) is 13.8. The number of cyclic esters (lactones) is 1. The van der Waals surface area contributed by atoms with Crippen LogP contribution in [0.5, 0.6) is 0 Å². The standard InChI is InChI=1S/C15H22N2O2/c1-11-5-4-6-14(12(11)2)17-9-13(7-8-16-3)10-19-15(17)18/h4-6,13,16H,7-10H2,1-3H3. The average Bonchev–Trinajstić information content (AvgIpc) is 2.41. The van der Waals surface area contributed by atoms with Crippen molar-refractivity contribution in [2.75, 3.05) is 31.6 Å². The van der Waals surface area contributed by atoms with Crippen molar-refractivity contribution >= 4 is 11.8 Å². The molecule has 0 spiro atoms. The molecule has 1 N–H and O–H groups in total. The number of nitrogens with zero attached hydrogens (tertiary/aromatic N) is 1. The number of carbonyl (C=O) groups is 1. The molecule has 0 radical (unpaired) electrons. The van der Waals surface area contributed by atoms with Crippen LogP contribution in [0.3, 0.4) is 0 Å². The zero-order valence-corrected chi connectivity index (χ0v) is 11.9. The number of nitrogens with one attached hydrogen (secondary N) is 1. The molecule has 104 valence electrons. The number of hydrogen-bond donors (Lipinski definition) is 1. The molecule has 1 aromatic rings. The van der Waals surface area contributed by atoms with E-state index in [-0.39, 0.29) is 6.09 Å². The number of rotatable bonds is 4. The van der Waals surface area contributed by atoms with Gasteiger partial charge in [0.25, 0.3) is 0 Å². The van der Waals surface area contributed by atoms with E-state index in [9.17, 15) is 4.79 Å². The van der Waals surface area contributed by atoms with Gasteiger partial charge in [-0.3, -0.25) is 4.90 Å². The van der Waals surface area contributed by atoms with Crippen molar-refractivity contribution in [2.24, 2.45) is 5.92 Å². The Kier molecular flexibility index (Phi) is 4.43. The van der Waals surface area contributed by atoms with Gasteiger partial charge in [0, 0.05) is 12.5 Å². The molecule has 1 fully saturated rings. The maximum atomic E-state index is 12.0. The summed E-state index contributed by atoms with van der Waals surface area (Å²) >= 11 is 0. The van der Waals surface area contributed by atoms with Gasteiger partial charge < -0.3 is 10.1 Å². The quantitative estimate of drug-likeness (QED) is 0.906. The minimum Gasteiger partial charge on any atom is -0.449 e. The molecule has 4 nitrogen and oxygen atoms in total. The second-order valence-corrected chi connectivity index (χ2v) is 5.16. The highest BCUT2D eigenvalue weighted by Gasteiger charge is 2.28. The number of amides is 1. The van der Waals surface area contributed by atoms with Crippen molar-refractivity contribution in [3.8, 4) is 0 Å². The molecule has 0 aliphatic carbocycles. The molecule has 1 saturated heterocycles. The van der Waals surface area contributed by atoms with Gasteiger partial charge in [-0.15, -0.1) is 0 Å². The van der Waals surface area contributed by atoms with Crippen LogP contribution >= 0.6 is 0 Å². The van der Waals surface area contributed by atoms with Gasteiger partial charge in [-0.05, 0) is 51.1 Å². The van der Waals surface area contributed by atoms with Crippen molar-refractivity contribution in [3.05, 3.63) is 29.3 Å².